The molecule has 0 spiro atoms. The van der Waals surface area contributed by atoms with E-state index in [0.717, 1.165) is 17.7 Å². The molecule has 0 amide bonds. The van der Waals surface area contributed by atoms with Gasteiger partial charge in [0, 0.05) is 5.92 Å². The summed E-state index contributed by atoms with van der Waals surface area (Å²) in [6, 6.07) is 10.0. The van der Waals surface area contributed by atoms with Gasteiger partial charge in [-0.15, -0.1) is 11.3 Å². The Morgan fingerprint density at radius 1 is 1.33 bits per heavy atom. The monoisotopic (exact) mass is 303 g/mol. The fourth-order valence-electron chi connectivity index (χ4n) is 2.36. The average molecular weight is 303 g/mol. The second-order valence-corrected chi connectivity index (χ2v) is 6.04. The van der Waals surface area contributed by atoms with Crippen LogP contribution < -0.4 is 0 Å². The first kappa shape index (κ1) is 13.9. The Balaban J connectivity index is 1.59. The molecule has 0 aliphatic heterocycles. The van der Waals surface area contributed by atoms with Crippen molar-refractivity contribution in [1.82, 2.24) is 0 Å². The molecule has 0 radical (unpaired) electrons. The minimum absolute atomic E-state index is 0.230. The maximum Gasteiger partial charge on any atom is 0.375 e. The number of carbonyl (C=O) groups excluding carboxylic acids is 1. The molecule has 1 aromatic carbocycles. The molecule has 0 N–H and O–H groups in total. The summed E-state index contributed by atoms with van der Waals surface area (Å²) in [5.41, 5.74) is 1.90. The Hall–Kier alpha value is -2.01. The van der Waals surface area contributed by atoms with E-state index in [1.165, 1.54) is 23.5 Å². The lowest BCUT2D eigenvalue weighted by atomic mass is 10.1. The Morgan fingerprint density at radius 3 is 2.76 bits per heavy atom. The van der Waals surface area contributed by atoms with Crippen molar-refractivity contribution in [1.29, 1.82) is 0 Å². The van der Waals surface area contributed by atoms with Crippen molar-refractivity contribution in [3.63, 3.8) is 0 Å². The van der Waals surface area contributed by atoms with Gasteiger partial charge in [-0.25, -0.2) is 9.18 Å². The van der Waals surface area contributed by atoms with Crippen LogP contribution >= 0.6 is 11.3 Å². The summed E-state index contributed by atoms with van der Waals surface area (Å²) in [6.45, 7) is 1.86. The van der Waals surface area contributed by atoms with E-state index >= 15 is 0 Å². The van der Waals surface area contributed by atoms with Gasteiger partial charge in [0.05, 0.1) is 5.71 Å². The van der Waals surface area contributed by atoms with Gasteiger partial charge in [-0.3, -0.25) is 0 Å². The minimum Gasteiger partial charge on any atom is -0.312 e. The van der Waals surface area contributed by atoms with Gasteiger partial charge >= 0.3 is 5.97 Å². The quantitative estimate of drug-likeness (QED) is 0.482. The third kappa shape index (κ3) is 3.19. The molecular weight excluding hydrogens is 289 g/mol. The molecular formula is C16H14FNO2S. The summed E-state index contributed by atoms with van der Waals surface area (Å²) in [5.74, 6) is -0.0454. The second-order valence-electron chi connectivity index (χ2n) is 5.09. The predicted octanol–water partition coefficient (Wildman–Crippen LogP) is 4.22. The molecule has 2 aromatic rings. The first-order valence-corrected chi connectivity index (χ1v) is 7.58. The Morgan fingerprint density at radius 2 is 2.10 bits per heavy atom. The number of oxime groups is 1. The minimum atomic E-state index is -0.427. The lowest BCUT2D eigenvalue weighted by Gasteiger charge is -2.01. The zero-order chi connectivity index (χ0) is 14.8. The molecule has 108 valence electrons. The standard InChI is InChI=1S/C16H14FNO2S/c1-10(18-20-16(19)15-3-2-8-21-15)13-9-14(13)11-4-6-12(17)7-5-11/h2-8,13-14H,9H2,1H3/t13-,14+/m0/s1. The molecule has 21 heavy (non-hydrogen) atoms. The molecule has 0 bridgehead atoms. The lowest BCUT2D eigenvalue weighted by Crippen LogP contribution is -2.03. The summed E-state index contributed by atoms with van der Waals surface area (Å²) >= 11 is 1.33. The predicted molar refractivity (Wildman–Crippen MR) is 80.1 cm³/mol. The molecule has 2 atom stereocenters. The summed E-state index contributed by atoms with van der Waals surface area (Å²) < 4.78 is 12.9. The molecule has 0 saturated heterocycles. The molecule has 5 heteroatoms. The van der Waals surface area contributed by atoms with Gasteiger partial charge in [0.2, 0.25) is 0 Å². The zero-order valence-electron chi connectivity index (χ0n) is 11.5. The van der Waals surface area contributed by atoms with Gasteiger partial charge in [0.25, 0.3) is 0 Å². The number of rotatable bonds is 4. The largest absolute Gasteiger partial charge is 0.375 e. The number of thiophene rings is 1. The number of carbonyl (C=O) groups is 1. The highest BCUT2D eigenvalue weighted by Crippen LogP contribution is 2.48. The van der Waals surface area contributed by atoms with Crippen LogP contribution in [0.4, 0.5) is 4.39 Å². The Labute approximate surface area is 126 Å². The third-order valence-corrected chi connectivity index (χ3v) is 4.47. The fraction of sp³-hybridized carbons (Fsp3) is 0.250. The molecule has 0 unspecified atom stereocenters. The van der Waals surface area contributed by atoms with E-state index < -0.39 is 5.97 Å². The highest BCUT2D eigenvalue weighted by atomic mass is 32.1. The number of benzene rings is 1. The van der Waals surface area contributed by atoms with Gasteiger partial charge in [0.15, 0.2) is 0 Å². The van der Waals surface area contributed by atoms with Gasteiger partial charge in [-0.1, -0.05) is 23.4 Å². The lowest BCUT2D eigenvalue weighted by molar-refractivity contribution is 0.0520. The van der Waals surface area contributed by atoms with Gasteiger partial charge in [0.1, 0.15) is 10.7 Å². The van der Waals surface area contributed by atoms with Crippen LogP contribution in [0.1, 0.15) is 34.5 Å². The molecule has 1 aliphatic carbocycles. The summed E-state index contributed by atoms with van der Waals surface area (Å²) in [7, 11) is 0. The number of hydrogen-bond acceptors (Lipinski definition) is 4. The van der Waals surface area contributed by atoms with E-state index in [1.807, 2.05) is 12.3 Å². The molecule has 1 aromatic heterocycles. The van der Waals surface area contributed by atoms with E-state index in [0.29, 0.717) is 10.8 Å². The Bertz CT molecular complexity index is 664. The van der Waals surface area contributed by atoms with Crippen molar-refractivity contribution in [2.24, 2.45) is 11.1 Å². The van der Waals surface area contributed by atoms with Crippen LogP contribution in [0.25, 0.3) is 0 Å². The molecule has 1 fully saturated rings. The van der Waals surface area contributed by atoms with Crippen LogP contribution in [0.3, 0.4) is 0 Å². The molecule has 3 rings (SSSR count). The van der Waals surface area contributed by atoms with Gasteiger partial charge < -0.3 is 4.84 Å². The van der Waals surface area contributed by atoms with Crippen molar-refractivity contribution in [3.05, 3.63) is 58.0 Å². The van der Waals surface area contributed by atoms with Crippen molar-refractivity contribution in [2.75, 3.05) is 0 Å². The first-order valence-electron chi connectivity index (χ1n) is 6.70. The Kier molecular flexibility index (Phi) is 3.84. The summed E-state index contributed by atoms with van der Waals surface area (Å²) in [5, 5.41) is 5.75. The van der Waals surface area contributed by atoms with Crippen LogP contribution in [-0.4, -0.2) is 11.7 Å². The maximum atomic E-state index is 12.9. The summed E-state index contributed by atoms with van der Waals surface area (Å²) in [6.07, 6.45) is 0.956. The van der Waals surface area contributed by atoms with Crippen molar-refractivity contribution in [2.45, 2.75) is 19.3 Å². The van der Waals surface area contributed by atoms with Crippen molar-refractivity contribution >= 4 is 23.0 Å². The van der Waals surface area contributed by atoms with Crippen LogP contribution in [0.15, 0.2) is 46.9 Å². The van der Waals surface area contributed by atoms with Gasteiger partial charge in [-0.2, -0.15) is 0 Å². The van der Waals surface area contributed by atoms with Gasteiger partial charge in [-0.05, 0) is 48.4 Å². The van der Waals surface area contributed by atoms with E-state index in [1.54, 1.807) is 24.3 Å². The summed E-state index contributed by atoms with van der Waals surface area (Å²) in [4.78, 5) is 17.2. The normalized spacial score (nSPS) is 21.1. The maximum absolute atomic E-state index is 12.9. The van der Waals surface area contributed by atoms with Crippen LogP contribution in [0, 0.1) is 11.7 Å². The van der Waals surface area contributed by atoms with E-state index in [2.05, 4.69) is 5.16 Å². The smallest absolute Gasteiger partial charge is 0.312 e. The first-order chi connectivity index (χ1) is 10.1. The molecule has 3 nitrogen and oxygen atoms in total. The molecule has 1 aliphatic rings. The topological polar surface area (TPSA) is 38.7 Å². The van der Waals surface area contributed by atoms with Crippen molar-refractivity contribution < 1.29 is 14.0 Å². The second kappa shape index (κ2) is 5.77. The van der Waals surface area contributed by atoms with Crippen LogP contribution in [0.2, 0.25) is 0 Å². The SMILES string of the molecule is CC(=NOC(=O)c1cccs1)[C@@H]1C[C@@H]1c1ccc(F)cc1. The highest BCUT2D eigenvalue weighted by Gasteiger charge is 2.40. The zero-order valence-corrected chi connectivity index (χ0v) is 12.3. The third-order valence-electron chi connectivity index (χ3n) is 3.62. The average Bonchev–Trinajstić information content (AvgIpc) is 3.09. The van der Waals surface area contributed by atoms with Crippen LogP contribution in [-0.2, 0) is 4.84 Å². The van der Waals surface area contributed by atoms with Crippen LogP contribution in [0.5, 0.6) is 0 Å². The number of hydrogen-bond donors (Lipinski definition) is 0. The molecule has 1 saturated carbocycles. The van der Waals surface area contributed by atoms with Crippen molar-refractivity contribution in [3.8, 4) is 0 Å². The molecule has 1 heterocycles. The van der Waals surface area contributed by atoms with E-state index in [4.69, 9.17) is 4.84 Å². The number of halogens is 1. The number of nitrogens with zero attached hydrogens (tertiary/aromatic N) is 1. The van der Waals surface area contributed by atoms with E-state index in [-0.39, 0.29) is 11.7 Å². The fourth-order valence-corrected chi connectivity index (χ4v) is 2.95. The van der Waals surface area contributed by atoms with E-state index in [9.17, 15) is 9.18 Å². The highest BCUT2D eigenvalue weighted by molar-refractivity contribution is 7.11.